The molecule has 4 saturated heterocycles. The molecule has 52 heavy (non-hydrogen) atoms. The van der Waals surface area contributed by atoms with Crippen molar-refractivity contribution in [3.63, 3.8) is 0 Å². The van der Waals surface area contributed by atoms with E-state index in [1.165, 1.54) is 0 Å². The van der Waals surface area contributed by atoms with Gasteiger partial charge in [0, 0.05) is 17.7 Å². The molecule has 0 aliphatic carbocycles. The second-order valence-corrected chi connectivity index (χ2v) is 13.6. The SMILES string of the molecule is C=CCCCCCCO[C@@H]1O[C@@H]2COC(c3ccccc3)O[C@@H]2[C@H](O[C@@H]2O[C@@H]3COC(c4ccccc4)O[C@@H]3[C@H](O)[C@H]2O)[C@H]1OCc1ccccc1. The summed E-state index contributed by atoms with van der Waals surface area (Å²) in [5.74, 6) is 0. The van der Waals surface area contributed by atoms with Crippen molar-refractivity contribution >= 4 is 0 Å². The highest BCUT2D eigenvalue weighted by atomic mass is 16.8. The normalized spacial score (nSPS) is 34.6. The average Bonchev–Trinajstić information content (AvgIpc) is 3.20. The molecule has 3 aromatic carbocycles. The number of aliphatic hydroxyl groups is 2. The van der Waals surface area contributed by atoms with Gasteiger partial charge < -0.3 is 52.8 Å². The molecule has 4 fully saturated rings. The molecule has 0 aromatic heterocycles. The van der Waals surface area contributed by atoms with Crippen LogP contribution >= 0.6 is 0 Å². The number of unbranched alkanes of at least 4 members (excludes halogenated alkanes) is 4. The lowest BCUT2D eigenvalue weighted by Gasteiger charge is -2.51. The highest BCUT2D eigenvalue weighted by Crippen LogP contribution is 2.40. The molecule has 4 heterocycles. The minimum Gasteiger partial charge on any atom is -0.387 e. The molecule has 0 amide bonds. The minimum atomic E-state index is -1.45. The van der Waals surface area contributed by atoms with Crippen molar-refractivity contribution in [2.75, 3.05) is 19.8 Å². The lowest BCUT2D eigenvalue weighted by molar-refractivity contribution is -0.407. The summed E-state index contributed by atoms with van der Waals surface area (Å²) in [5, 5.41) is 22.9. The maximum Gasteiger partial charge on any atom is 0.187 e. The van der Waals surface area contributed by atoms with Gasteiger partial charge in [0.05, 0.1) is 19.8 Å². The molecule has 280 valence electrons. The molecule has 2 unspecified atom stereocenters. The van der Waals surface area contributed by atoms with Crippen molar-refractivity contribution in [3.8, 4) is 0 Å². The van der Waals surface area contributed by atoms with E-state index in [2.05, 4.69) is 6.58 Å². The van der Waals surface area contributed by atoms with Gasteiger partial charge in [-0.2, -0.15) is 0 Å². The molecule has 11 heteroatoms. The predicted octanol–water partition coefficient (Wildman–Crippen LogP) is 5.51. The van der Waals surface area contributed by atoms with Crippen molar-refractivity contribution < 1.29 is 52.8 Å². The molecular formula is C41H50O11. The summed E-state index contributed by atoms with van der Waals surface area (Å²) in [5.41, 5.74) is 2.60. The molecule has 0 radical (unpaired) electrons. The van der Waals surface area contributed by atoms with Crippen molar-refractivity contribution in [3.05, 3.63) is 120 Å². The van der Waals surface area contributed by atoms with Crippen LogP contribution in [0.25, 0.3) is 0 Å². The summed E-state index contributed by atoms with van der Waals surface area (Å²) >= 11 is 0. The molecule has 0 bridgehead atoms. The van der Waals surface area contributed by atoms with Crippen LogP contribution in [0.15, 0.2) is 104 Å². The van der Waals surface area contributed by atoms with E-state index in [0.717, 1.165) is 48.8 Å². The number of rotatable bonds is 15. The van der Waals surface area contributed by atoms with Crippen LogP contribution in [0, 0.1) is 0 Å². The topological polar surface area (TPSA) is 124 Å². The second kappa shape index (κ2) is 18.3. The highest BCUT2D eigenvalue weighted by molar-refractivity contribution is 5.18. The highest BCUT2D eigenvalue weighted by Gasteiger charge is 2.56. The quantitative estimate of drug-likeness (QED) is 0.153. The average molecular weight is 719 g/mol. The van der Waals surface area contributed by atoms with Crippen LogP contribution in [0.5, 0.6) is 0 Å². The third-order valence-corrected chi connectivity index (χ3v) is 9.92. The summed E-state index contributed by atoms with van der Waals surface area (Å²) in [7, 11) is 0. The zero-order valence-corrected chi connectivity index (χ0v) is 29.3. The molecule has 11 nitrogen and oxygen atoms in total. The Morgan fingerprint density at radius 1 is 0.615 bits per heavy atom. The maximum absolute atomic E-state index is 11.5. The number of hydrogen-bond donors (Lipinski definition) is 2. The van der Waals surface area contributed by atoms with Gasteiger partial charge in [0.2, 0.25) is 0 Å². The number of allylic oxidation sites excluding steroid dienone is 1. The lowest BCUT2D eigenvalue weighted by Crippen LogP contribution is -2.67. The number of fused-ring (bicyclic) bond motifs is 2. The Morgan fingerprint density at radius 2 is 1.19 bits per heavy atom. The van der Waals surface area contributed by atoms with Crippen LogP contribution in [0.1, 0.15) is 61.4 Å². The van der Waals surface area contributed by atoms with Crippen molar-refractivity contribution in [1.29, 1.82) is 0 Å². The van der Waals surface area contributed by atoms with Crippen LogP contribution in [-0.2, 0) is 49.2 Å². The first-order valence-corrected chi connectivity index (χ1v) is 18.4. The molecule has 4 aliphatic rings. The summed E-state index contributed by atoms with van der Waals surface area (Å²) in [6.07, 6.45) is -3.82. The fourth-order valence-corrected chi connectivity index (χ4v) is 7.13. The lowest BCUT2D eigenvalue weighted by atomic mass is 9.95. The molecule has 2 N–H and O–H groups in total. The van der Waals surface area contributed by atoms with Gasteiger partial charge in [-0.15, -0.1) is 6.58 Å². The molecular weight excluding hydrogens is 668 g/mol. The Morgan fingerprint density at radius 3 is 1.85 bits per heavy atom. The Hall–Kier alpha value is -3.04. The van der Waals surface area contributed by atoms with E-state index in [1.807, 2.05) is 97.1 Å². The maximum atomic E-state index is 11.5. The van der Waals surface area contributed by atoms with Crippen LogP contribution in [0.3, 0.4) is 0 Å². The Bertz CT molecular complexity index is 1490. The Labute approximate surface area is 305 Å². The van der Waals surface area contributed by atoms with Gasteiger partial charge >= 0.3 is 0 Å². The van der Waals surface area contributed by atoms with E-state index >= 15 is 0 Å². The molecule has 12 atom stereocenters. The molecule has 4 aliphatic heterocycles. The van der Waals surface area contributed by atoms with E-state index in [1.54, 1.807) is 0 Å². The van der Waals surface area contributed by atoms with Crippen molar-refractivity contribution in [2.45, 2.75) is 113 Å². The molecule has 3 aromatic rings. The van der Waals surface area contributed by atoms with E-state index in [-0.39, 0.29) is 19.8 Å². The summed E-state index contributed by atoms with van der Waals surface area (Å²) in [6, 6.07) is 28.9. The second-order valence-electron chi connectivity index (χ2n) is 13.6. The number of ether oxygens (including phenoxy) is 9. The van der Waals surface area contributed by atoms with Crippen molar-refractivity contribution in [2.24, 2.45) is 0 Å². The zero-order chi connectivity index (χ0) is 35.7. The molecule has 0 saturated carbocycles. The fourth-order valence-electron chi connectivity index (χ4n) is 7.13. The molecule has 0 spiro atoms. The predicted molar refractivity (Wildman–Crippen MR) is 188 cm³/mol. The van der Waals surface area contributed by atoms with Crippen molar-refractivity contribution in [1.82, 2.24) is 0 Å². The van der Waals surface area contributed by atoms with E-state index in [4.69, 9.17) is 42.6 Å². The Balaban J connectivity index is 1.12. The van der Waals surface area contributed by atoms with Gasteiger partial charge in [-0.05, 0) is 24.8 Å². The first-order chi connectivity index (χ1) is 25.6. The van der Waals surface area contributed by atoms with Crippen LogP contribution in [0.4, 0.5) is 0 Å². The van der Waals surface area contributed by atoms with Gasteiger partial charge in [-0.3, -0.25) is 0 Å². The van der Waals surface area contributed by atoms with Gasteiger partial charge in [0.25, 0.3) is 0 Å². The Kier molecular flexibility index (Phi) is 13.1. The monoisotopic (exact) mass is 718 g/mol. The van der Waals surface area contributed by atoms with E-state index in [9.17, 15) is 10.2 Å². The third-order valence-electron chi connectivity index (χ3n) is 9.92. The minimum absolute atomic E-state index is 0.126. The van der Waals surface area contributed by atoms with E-state index < -0.39 is 74.0 Å². The van der Waals surface area contributed by atoms with Gasteiger partial charge in [0.1, 0.15) is 48.8 Å². The third kappa shape index (κ3) is 9.00. The van der Waals surface area contributed by atoms with E-state index in [0.29, 0.717) is 6.61 Å². The van der Waals surface area contributed by atoms with Crippen LogP contribution in [-0.4, -0.2) is 91.4 Å². The van der Waals surface area contributed by atoms with Gasteiger partial charge in [0.15, 0.2) is 25.2 Å². The zero-order valence-electron chi connectivity index (χ0n) is 29.3. The summed E-state index contributed by atoms with van der Waals surface area (Å²) < 4.78 is 57.5. The number of benzene rings is 3. The summed E-state index contributed by atoms with van der Waals surface area (Å²) in [6.45, 7) is 4.84. The van der Waals surface area contributed by atoms with Crippen LogP contribution in [0.2, 0.25) is 0 Å². The largest absolute Gasteiger partial charge is 0.387 e. The number of hydrogen-bond acceptors (Lipinski definition) is 11. The first-order valence-electron chi connectivity index (χ1n) is 18.4. The summed E-state index contributed by atoms with van der Waals surface area (Å²) in [4.78, 5) is 0. The van der Waals surface area contributed by atoms with Gasteiger partial charge in [-0.1, -0.05) is 110 Å². The van der Waals surface area contributed by atoms with Gasteiger partial charge in [-0.25, -0.2) is 0 Å². The first kappa shape index (κ1) is 37.3. The smallest absolute Gasteiger partial charge is 0.187 e. The standard InChI is InChI=1S/C41H50O11/c1-2-3-4-5-6-16-23-44-41-37(45-24-27-17-10-7-11-18-27)36(35-31(49-41)26-47-39(51-35)29-21-14-9-15-22-29)52-40-33(43)32(42)34-30(48-40)25-46-38(50-34)28-19-12-8-13-20-28/h2,7-15,17-22,30-43H,1,3-6,16,23-26H2/t30-,31-,32-,33-,34+,35+,36+,37-,38?,39?,40+,41-/m1/s1. The van der Waals surface area contributed by atoms with Crippen LogP contribution < -0.4 is 0 Å². The number of aliphatic hydroxyl groups excluding tert-OH is 2. The fraction of sp³-hybridized carbons (Fsp3) is 0.512. The molecule has 7 rings (SSSR count).